The van der Waals surface area contributed by atoms with Gasteiger partial charge in [0.25, 0.3) is 0 Å². The van der Waals surface area contributed by atoms with Crippen LogP contribution < -0.4 is 5.73 Å². The number of likely N-dealkylation sites (tertiary alicyclic amines) is 1. The molecule has 1 aliphatic rings. The number of nitrogens with one attached hydrogen (secondary N) is 1. The zero-order valence-corrected chi connectivity index (χ0v) is 12.1. The van der Waals surface area contributed by atoms with Crippen LogP contribution in [0.15, 0.2) is 18.3 Å². The van der Waals surface area contributed by atoms with Gasteiger partial charge in [0.1, 0.15) is 0 Å². The maximum atomic E-state index is 12.4. The Morgan fingerprint density at radius 1 is 1.58 bits per heavy atom. The van der Waals surface area contributed by atoms with Gasteiger partial charge in [-0.25, -0.2) is 0 Å². The predicted octanol–water partition coefficient (Wildman–Crippen LogP) is 2.44. The Kier molecular flexibility index (Phi) is 3.99. The fourth-order valence-corrected chi connectivity index (χ4v) is 2.55. The molecule has 3 N–H and O–H groups in total. The largest absolute Gasteiger partial charge is 0.363 e. The molecule has 4 nitrogen and oxygen atoms in total. The summed E-state index contributed by atoms with van der Waals surface area (Å²) in [6.45, 7) is 7.09. The Bertz CT molecular complexity index is 419. The lowest BCUT2D eigenvalue weighted by Gasteiger charge is -2.30. The van der Waals surface area contributed by atoms with E-state index in [4.69, 9.17) is 5.73 Å². The van der Waals surface area contributed by atoms with E-state index in [0.29, 0.717) is 6.42 Å². The zero-order valence-electron chi connectivity index (χ0n) is 12.1. The summed E-state index contributed by atoms with van der Waals surface area (Å²) in [6, 6.07) is 4.15. The number of nitrogens with zero attached hydrogens (tertiary/aromatic N) is 1. The molecule has 1 fully saturated rings. The van der Waals surface area contributed by atoms with Crippen LogP contribution in [0.25, 0.3) is 0 Å². The Labute approximate surface area is 115 Å². The summed E-state index contributed by atoms with van der Waals surface area (Å²) in [5.74, 6) is 0.180. The van der Waals surface area contributed by atoms with Gasteiger partial charge in [-0.05, 0) is 30.4 Å². The van der Waals surface area contributed by atoms with Crippen molar-refractivity contribution in [1.82, 2.24) is 9.88 Å². The highest BCUT2D eigenvalue weighted by Gasteiger charge is 2.33. The number of H-pyrrole nitrogens is 1. The second kappa shape index (κ2) is 5.37. The Morgan fingerprint density at radius 3 is 2.89 bits per heavy atom. The van der Waals surface area contributed by atoms with Crippen LogP contribution in [0.2, 0.25) is 0 Å². The summed E-state index contributed by atoms with van der Waals surface area (Å²) in [4.78, 5) is 17.6. The van der Waals surface area contributed by atoms with E-state index >= 15 is 0 Å². The van der Waals surface area contributed by atoms with E-state index in [2.05, 4.69) is 31.8 Å². The van der Waals surface area contributed by atoms with Crippen LogP contribution in [0.3, 0.4) is 0 Å². The molecule has 106 valence electrons. The summed E-state index contributed by atoms with van der Waals surface area (Å²) in [5.41, 5.74) is 7.23. The van der Waals surface area contributed by atoms with Gasteiger partial charge in [-0.1, -0.05) is 20.8 Å². The number of hydrogen-bond donors (Lipinski definition) is 2. The number of rotatable bonds is 3. The number of carbonyl (C=O) groups excluding carboxylic acids is 1. The van der Waals surface area contributed by atoms with Crippen molar-refractivity contribution in [2.45, 2.75) is 52.1 Å². The molecule has 2 rings (SSSR count). The SMILES string of the molecule is CC(C)(C)C(N)CC(=O)N1CCCC1c1ccc[nH]1. The zero-order chi connectivity index (χ0) is 14.0. The standard InChI is InChI=1S/C15H25N3O/c1-15(2,3)13(16)10-14(19)18-9-5-7-12(18)11-6-4-8-17-11/h4,6,8,12-13,17H,5,7,9-10,16H2,1-3H3. The maximum absolute atomic E-state index is 12.4. The molecule has 0 aromatic carbocycles. The molecule has 0 aliphatic carbocycles. The first-order chi connectivity index (χ1) is 8.89. The van der Waals surface area contributed by atoms with E-state index in [-0.39, 0.29) is 23.4 Å². The second-order valence-corrected chi connectivity index (χ2v) is 6.55. The molecule has 0 bridgehead atoms. The molecule has 1 amide bonds. The molecule has 1 aromatic rings. The van der Waals surface area contributed by atoms with E-state index < -0.39 is 0 Å². The van der Waals surface area contributed by atoms with E-state index in [1.807, 2.05) is 17.2 Å². The lowest BCUT2D eigenvalue weighted by Crippen LogP contribution is -2.41. The third kappa shape index (κ3) is 3.18. The Hall–Kier alpha value is -1.29. The van der Waals surface area contributed by atoms with Gasteiger partial charge in [0, 0.05) is 30.9 Å². The third-order valence-electron chi connectivity index (χ3n) is 4.06. The van der Waals surface area contributed by atoms with Crippen LogP contribution in [-0.4, -0.2) is 28.4 Å². The highest BCUT2D eigenvalue weighted by molar-refractivity contribution is 5.77. The highest BCUT2D eigenvalue weighted by Crippen LogP contribution is 2.32. The molecule has 1 saturated heterocycles. The fraction of sp³-hybridized carbons (Fsp3) is 0.667. The monoisotopic (exact) mass is 263 g/mol. The minimum atomic E-state index is -0.0927. The van der Waals surface area contributed by atoms with Crippen LogP contribution in [0.1, 0.15) is 51.8 Å². The van der Waals surface area contributed by atoms with Crippen molar-refractivity contribution >= 4 is 5.91 Å². The van der Waals surface area contributed by atoms with Gasteiger partial charge in [0.05, 0.1) is 6.04 Å². The Balaban J connectivity index is 2.02. The molecule has 2 atom stereocenters. The van der Waals surface area contributed by atoms with Crippen molar-refractivity contribution in [1.29, 1.82) is 0 Å². The van der Waals surface area contributed by atoms with E-state index in [1.54, 1.807) is 0 Å². The number of aromatic amines is 1. The molecule has 2 heterocycles. The predicted molar refractivity (Wildman–Crippen MR) is 76.5 cm³/mol. The molecule has 2 unspecified atom stereocenters. The first-order valence-electron chi connectivity index (χ1n) is 7.08. The van der Waals surface area contributed by atoms with Crippen LogP contribution >= 0.6 is 0 Å². The summed E-state index contributed by atoms with van der Waals surface area (Å²) < 4.78 is 0. The second-order valence-electron chi connectivity index (χ2n) is 6.55. The van der Waals surface area contributed by atoms with E-state index in [0.717, 1.165) is 25.1 Å². The first-order valence-corrected chi connectivity index (χ1v) is 7.08. The quantitative estimate of drug-likeness (QED) is 0.880. The average molecular weight is 263 g/mol. The lowest BCUT2D eigenvalue weighted by atomic mass is 9.85. The van der Waals surface area contributed by atoms with E-state index in [9.17, 15) is 4.79 Å². The number of carbonyl (C=O) groups is 1. The summed E-state index contributed by atoms with van der Waals surface area (Å²) >= 11 is 0. The van der Waals surface area contributed by atoms with Crippen molar-refractivity contribution in [3.8, 4) is 0 Å². The topological polar surface area (TPSA) is 62.1 Å². The van der Waals surface area contributed by atoms with Crippen molar-refractivity contribution in [3.05, 3.63) is 24.0 Å². The van der Waals surface area contributed by atoms with Crippen LogP contribution in [0.4, 0.5) is 0 Å². The van der Waals surface area contributed by atoms with Gasteiger partial charge >= 0.3 is 0 Å². The fourth-order valence-electron chi connectivity index (χ4n) is 2.55. The number of hydrogen-bond acceptors (Lipinski definition) is 2. The third-order valence-corrected chi connectivity index (χ3v) is 4.06. The first kappa shape index (κ1) is 14.1. The summed E-state index contributed by atoms with van der Waals surface area (Å²) in [6.07, 6.45) is 4.45. The number of nitrogens with two attached hydrogens (primary N) is 1. The maximum Gasteiger partial charge on any atom is 0.224 e. The Morgan fingerprint density at radius 2 is 2.32 bits per heavy atom. The van der Waals surface area contributed by atoms with Gasteiger partial charge in [-0.3, -0.25) is 4.79 Å². The summed E-state index contributed by atoms with van der Waals surface area (Å²) in [7, 11) is 0. The van der Waals surface area contributed by atoms with Crippen LogP contribution in [0.5, 0.6) is 0 Å². The lowest BCUT2D eigenvalue weighted by molar-refractivity contribution is -0.133. The van der Waals surface area contributed by atoms with E-state index in [1.165, 1.54) is 0 Å². The molecule has 0 saturated carbocycles. The van der Waals surface area contributed by atoms with Crippen molar-refractivity contribution in [2.24, 2.45) is 11.1 Å². The van der Waals surface area contributed by atoms with Gasteiger partial charge in [0.2, 0.25) is 5.91 Å². The molecule has 1 aliphatic heterocycles. The van der Waals surface area contributed by atoms with Crippen molar-refractivity contribution in [2.75, 3.05) is 6.54 Å². The molecule has 0 radical (unpaired) electrons. The molecular formula is C15H25N3O. The molecular weight excluding hydrogens is 238 g/mol. The van der Waals surface area contributed by atoms with Crippen molar-refractivity contribution in [3.63, 3.8) is 0 Å². The smallest absolute Gasteiger partial charge is 0.224 e. The van der Waals surface area contributed by atoms with Gasteiger partial charge in [0.15, 0.2) is 0 Å². The average Bonchev–Trinajstić information content (AvgIpc) is 2.98. The van der Waals surface area contributed by atoms with Crippen LogP contribution in [0, 0.1) is 5.41 Å². The van der Waals surface area contributed by atoms with Gasteiger partial charge < -0.3 is 15.6 Å². The minimum absolute atomic E-state index is 0.0304. The normalized spacial score (nSPS) is 21.7. The molecule has 4 heteroatoms. The van der Waals surface area contributed by atoms with Gasteiger partial charge in [-0.15, -0.1) is 0 Å². The number of amides is 1. The highest BCUT2D eigenvalue weighted by atomic mass is 16.2. The van der Waals surface area contributed by atoms with Gasteiger partial charge in [-0.2, -0.15) is 0 Å². The molecule has 0 spiro atoms. The summed E-state index contributed by atoms with van der Waals surface area (Å²) in [5, 5.41) is 0. The molecule has 1 aromatic heterocycles. The number of aromatic nitrogens is 1. The van der Waals surface area contributed by atoms with Crippen molar-refractivity contribution < 1.29 is 4.79 Å². The molecule has 19 heavy (non-hydrogen) atoms. The van der Waals surface area contributed by atoms with Crippen LogP contribution in [-0.2, 0) is 4.79 Å². The minimum Gasteiger partial charge on any atom is -0.363 e.